The van der Waals surface area contributed by atoms with Gasteiger partial charge in [-0.3, -0.25) is 4.79 Å². The first-order valence-corrected chi connectivity index (χ1v) is 16.0. The maximum Gasteiger partial charge on any atom is 0.243 e. The summed E-state index contributed by atoms with van der Waals surface area (Å²) in [6.45, 7) is 2.20. The third kappa shape index (κ3) is 7.53. The Morgan fingerprint density at radius 3 is 2.11 bits per heavy atom. The van der Waals surface area contributed by atoms with E-state index in [-0.39, 0.29) is 23.9 Å². The van der Waals surface area contributed by atoms with E-state index in [0.29, 0.717) is 38.3 Å². The number of nitrogens with zero attached hydrogens (tertiary/aromatic N) is 5. The van der Waals surface area contributed by atoms with E-state index in [4.69, 9.17) is 9.47 Å². The van der Waals surface area contributed by atoms with Gasteiger partial charge in [-0.25, -0.2) is 8.42 Å². The maximum absolute atomic E-state index is 13.7. The zero-order valence-corrected chi connectivity index (χ0v) is 25.8. The summed E-state index contributed by atoms with van der Waals surface area (Å²) < 4.78 is 39.2. The molecule has 1 aliphatic heterocycles. The summed E-state index contributed by atoms with van der Waals surface area (Å²) in [5.41, 5.74) is 2.70. The quantitative estimate of drug-likeness (QED) is 0.248. The number of amides is 1. The van der Waals surface area contributed by atoms with Gasteiger partial charge in [0.1, 0.15) is 11.5 Å². The lowest BCUT2D eigenvalue weighted by atomic mass is 10.1. The van der Waals surface area contributed by atoms with E-state index in [9.17, 15) is 13.2 Å². The van der Waals surface area contributed by atoms with Crippen molar-refractivity contribution in [3.63, 3.8) is 0 Å². The third-order valence-electron chi connectivity index (χ3n) is 7.71. The molecular formula is C33H37N5O5S. The van der Waals surface area contributed by atoms with Crippen molar-refractivity contribution in [1.29, 1.82) is 0 Å². The molecule has 0 saturated carbocycles. The molecule has 1 amide bonds. The lowest BCUT2D eigenvalue weighted by Crippen LogP contribution is -2.44. The van der Waals surface area contributed by atoms with Crippen LogP contribution in [0.2, 0.25) is 0 Å². The fourth-order valence-electron chi connectivity index (χ4n) is 5.14. The Labute approximate surface area is 258 Å². The number of carbonyl (C=O) groups excluding carboxylic acids is 1. The summed E-state index contributed by atoms with van der Waals surface area (Å²) in [6, 6.07) is 27.4. The minimum Gasteiger partial charge on any atom is -0.497 e. The molecule has 1 aliphatic rings. The van der Waals surface area contributed by atoms with Crippen LogP contribution in [0.4, 0.5) is 5.82 Å². The molecule has 1 aromatic heterocycles. The summed E-state index contributed by atoms with van der Waals surface area (Å²) in [5.74, 6) is 1.85. The standard InChI is InChI=1S/C33H37N5O5S/c1-42-28-11-9-27(10-12-28)31-17-18-32(35-34-31)36-20-6-21-37(24-23-36)33(39)25-38(22-19-26-7-4-3-5-8-26)44(40,41)30-15-13-29(43-2)14-16-30/h3-5,7-18H,6,19-25H2,1-2H3. The zero-order valence-electron chi connectivity index (χ0n) is 25.0. The van der Waals surface area contributed by atoms with Gasteiger partial charge < -0.3 is 19.3 Å². The van der Waals surface area contributed by atoms with Crippen molar-refractivity contribution in [2.24, 2.45) is 0 Å². The lowest BCUT2D eigenvalue weighted by molar-refractivity contribution is -0.131. The highest BCUT2D eigenvalue weighted by molar-refractivity contribution is 7.89. The van der Waals surface area contributed by atoms with E-state index in [2.05, 4.69) is 15.1 Å². The summed E-state index contributed by atoms with van der Waals surface area (Å²) in [6.07, 6.45) is 1.21. The van der Waals surface area contributed by atoms with Crippen molar-refractivity contribution >= 4 is 21.7 Å². The van der Waals surface area contributed by atoms with E-state index in [1.54, 1.807) is 24.1 Å². The Balaban J connectivity index is 1.25. The van der Waals surface area contributed by atoms with Crippen molar-refractivity contribution in [3.8, 4) is 22.8 Å². The first kappa shape index (κ1) is 31.0. The summed E-state index contributed by atoms with van der Waals surface area (Å²) in [7, 11) is -0.770. The summed E-state index contributed by atoms with van der Waals surface area (Å²) in [4.78, 5) is 17.6. The van der Waals surface area contributed by atoms with Crippen LogP contribution in [-0.4, -0.2) is 87.2 Å². The molecule has 0 N–H and O–H groups in total. The van der Waals surface area contributed by atoms with E-state index in [0.717, 1.165) is 34.8 Å². The normalized spacial score (nSPS) is 13.9. The van der Waals surface area contributed by atoms with Gasteiger partial charge in [0.2, 0.25) is 15.9 Å². The van der Waals surface area contributed by atoms with E-state index < -0.39 is 10.0 Å². The molecule has 0 radical (unpaired) electrons. The molecule has 10 nitrogen and oxygen atoms in total. The Bertz CT molecular complexity index is 1620. The van der Waals surface area contributed by atoms with Gasteiger partial charge in [-0.1, -0.05) is 30.3 Å². The van der Waals surface area contributed by atoms with Crippen molar-refractivity contribution in [2.75, 3.05) is 58.4 Å². The number of rotatable bonds is 11. The molecule has 1 fully saturated rings. The number of sulfonamides is 1. The number of hydrogen-bond acceptors (Lipinski definition) is 8. The maximum atomic E-state index is 13.7. The highest BCUT2D eigenvalue weighted by Gasteiger charge is 2.29. The number of anilines is 1. The van der Waals surface area contributed by atoms with Crippen molar-refractivity contribution in [3.05, 3.63) is 96.6 Å². The van der Waals surface area contributed by atoms with Gasteiger partial charge in [0.05, 0.1) is 31.4 Å². The van der Waals surface area contributed by atoms with Crippen molar-refractivity contribution < 1.29 is 22.7 Å². The fourth-order valence-corrected chi connectivity index (χ4v) is 6.53. The molecule has 1 saturated heterocycles. The second-order valence-electron chi connectivity index (χ2n) is 10.5. The average Bonchev–Trinajstić information content (AvgIpc) is 3.34. The van der Waals surface area contributed by atoms with Gasteiger partial charge in [-0.2, -0.15) is 4.31 Å². The SMILES string of the molecule is COc1ccc(-c2ccc(N3CCCN(C(=O)CN(CCc4ccccc4)S(=O)(=O)c4ccc(OC)cc4)CC3)nn2)cc1. The molecule has 2 heterocycles. The van der Waals surface area contributed by atoms with Crippen LogP contribution >= 0.6 is 0 Å². The number of aromatic nitrogens is 2. The topological polar surface area (TPSA) is 105 Å². The predicted octanol–water partition coefficient (Wildman–Crippen LogP) is 4.13. The number of carbonyl (C=O) groups is 1. The van der Waals surface area contributed by atoms with E-state index >= 15 is 0 Å². The minimum atomic E-state index is -3.93. The third-order valence-corrected chi connectivity index (χ3v) is 9.57. The van der Waals surface area contributed by atoms with Gasteiger partial charge in [0, 0.05) is 38.3 Å². The Morgan fingerprint density at radius 1 is 0.795 bits per heavy atom. The van der Waals surface area contributed by atoms with Crippen molar-refractivity contribution in [2.45, 2.75) is 17.7 Å². The van der Waals surface area contributed by atoms with Crippen LogP contribution in [0.25, 0.3) is 11.3 Å². The Kier molecular flexibility index (Phi) is 10.1. The molecule has 44 heavy (non-hydrogen) atoms. The monoisotopic (exact) mass is 615 g/mol. The van der Waals surface area contributed by atoms with Gasteiger partial charge in [-0.05, 0) is 79.1 Å². The molecule has 0 aliphatic carbocycles. The molecule has 0 unspecified atom stereocenters. The van der Waals surface area contributed by atoms with Crippen molar-refractivity contribution in [1.82, 2.24) is 19.4 Å². The molecule has 11 heteroatoms. The first-order chi connectivity index (χ1) is 21.4. The summed E-state index contributed by atoms with van der Waals surface area (Å²) >= 11 is 0. The zero-order chi connectivity index (χ0) is 30.9. The van der Waals surface area contributed by atoms with E-state index in [1.165, 1.54) is 23.5 Å². The second-order valence-corrected chi connectivity index (χ2v) is 12.4. The van der Waals surface area contributed by atoms with Crippen LogP contribution in [-0.2, 0) is 21.2 Å². The van der Waals surface area contributed by atoms with Crippen LogP contribution < -0.4 is 14.4 Å². The van der Waals surface area contributed by atoms with Crippen LogP contribution in [0.1, 0.15) is 12.0 Å². The first-order valence-electron chi connectivity index (χ1n) is 14.6. The van der Waals surface area contributed by atoms with Crippen LogP contribution in [0.15, 0.2) is 95.9 Å². The molecule has 230 valence electrons. The number of benzene rings is 3. The summed E-state index contributed by atoms with van der Waals surface area (Å²) in [5, 5.41) is 8.88. The molecule has 0 atom stereocenters. The van der Waals surface area contributed by atoms with Gasteiger partial charge in [0.25, 0.3) is 0 Å². The second kappa shape index (κ2) is 14.3. The molecule has 4 aromatic rings. The highest BCUT2D eigenvalue weighted by atomic mass is 32.2. The van der Waals surface area contributed by atoms with Crippen LogP contribution in [0.3, 0.4) is 0 Å². The number of ether oxygens (including phenoxy) is 2. The molecule has 5 rings (SSSR count). The Morgan fingerprint density at radius 2 is 1.48 bits per heavy atom. The van der Waals surface area contributed by atoms with Crippen LogP contribution in [0.5, 0.6) is 11.5 Å². The molecular weight excluding hydrogens is 578 g/mol. The molecule has 0 spiro atoms. The fraction of sp³-hybridized carbons (Fsp3) is 0.303. The number of methoxy groups -OCH3 is 2. The molecule has 3 aromatic carbocycles. The van der Waals surface area contributed by atoms with Gasteiger partial charge >= 0.3 is 0 Å². The number of hydrogen-bond donors (Lipinski definition) is 0. The van der Waals surface area contributed by atoms with Gasteiger partial charge in [0.15, 0.2) is 5.82 Å². The predicted molar refractivity (Wildman–Crippen MR) is 169 cm³/mol. The van der Waals surface area contributed by atoms with Gasteiger partial charge in [-0.15, -0.1) is 10.2 Å². The average molecular weight is 616 g/mol. The molecule has 0 bridgehead atoms. The smallest absolute Gasteiger partial charge is 0.243 e. The minimum absolute atomic E-state index is 0.123. The van der Waals surface area contributed by atoms with E-state index in [1.807, 2.05) is 66.7 Å². The highest BCUT2D eigenvalue weighted by Crippen LogP contribution is 2.23. The largest absolute Gasteiger partial charge is 0.497 e. The van der Waals surface area contributed by atoms with Crippen LogP contribution in [0, 0.1) is 0 Å². The lowest BCUT2D eigenvalue weighted by Gasteiger charge is -2.27. The Hall–Kier alpha value is -4.48.